The molecule has 1 aromatic rings. The Bertz CT molecular complexity index is 850. The van der Waals surface area contributed by atoms with Gasteiger partial charge in [-0.15, -0.1) is 0 Å². The minimum Gasteiger partial charge on any atom is -0.378 e. The highest BCUT2D eigenvalue weighted by Crippen LogP contribution is 2.29. The lowest BCUT2D eigenvalue weighted by Gasteiger charge is -2.38. The average molecular weight is 428 g/mol. The van der Waals surface area contributed by atoms with E-state index in [1.54, 1.807) is 29.2 Å². The molecule has 4 rings (SSSR count). The molecule has 0 aromatic heterocycles. The van der Waals surface area contributed by atoms with Crippen molar-refractivity contribution in [1.82, 2.24) is 14.7 Å². The van der Waals surface area contributed by atoms with Crippen molar-refractivity contribution >= 4 is 23.6 Å². The second-order valence-corrected chi connectivity index (χ2v) is 8.75. The molecule has 1 unspecified atom stereocenters. The Balaban J connectivity index is 1.44. The number of benzene rings is 1. The molecule has 0 aliphatic carbocycles. The Kier molecular flexibility index (Phi) is 6.09. The second kappa shape index (κ2) is 8.78. The van der Waals surface area contributed by atoms with E-state index in [9.17, 15) is 19.2 Å². The molecule has 8 heteroatoms. The lowest BCUT2D eigenvalue weighted by molar-refractivity contribution is -0.145. The van der Waals surface area contributed by atoms with Crippen molar-refractivity contribution in [2.75, 3.05) is 39.4 Å². The van der Waals surface area contributed by atoms with Gasteiger partial charge in [-0.05, 0) is 30.9 Å². The van der Waals surface area contributed by atoms with E-state index in [4.69, 9.17) is 4.74 Å². The molecular weight excluding hydrogens is 398 g/mol. The maximum atomic E-state index is 13.4. The summed E-state index contributed by atoms with van der Waals surface area (Å²) in [6.07, 6.45) is 1.18. The number of morpholine rings is 1. The molecule has 3 aliphatic heterocycles. The Morgan fingerprint density at radius 1 is 0.903 bits per heavy atom. The average Bonchev–Trinajstić information content (AvgIpc) is 3.04. The molecule has 3 heterocycles. The summed E-state index contributed by atoms with van der Waals surface area (Å²) in [5, 5.41) is 0. The summed E-state index contributed by atoms with van der Waals surface area (Å²) in [7, 11) is 0. The molecule has 2 saturated heterocycles. The third-order valence-corrected chi connectivity index (χ3v) is 6.47. The summed E-state index contributed by atoms with van der Waals surface area (Å²) in [6, 6.07) is 5.84. The number of amides is 4. The summed E-state index contributed by atoms with van der Waals surface area (Å²) in [4.78, 5) is 56.7. The topological polar surface area (TPSA) is 87.2 Å². The first-order chi connectivity index (χ1) is 14.9. The Labute approximate surface area is 182 Å². The Morgan fingerprint density at radius 2 is 1.45 bits per heavy atom. The van der Waals surface area contributed by atoms with Crippen LogP contribution in [0, 0.1) is 11.8 Å². The number of nitrogens with zero attached hydrogens (tertiary/aromatic N) is 3. The zero-order valence-electron chi connectivity index (χ0n) is 18.1. The van der Waals surface area contributed by atoms with Gasteiger partial charge in [-0.2, -0.15) is 0 Å². The van der Waals surface area contributed by atoms with Crippen LogP contribution in [0.4, 0.5) is 0 Å². The van der Waals surface area contributed by atoms with E-state index in [0.29, 0.717) is 63.4 Å². The van der Waals surface area contributed by atoms with Gasteiger partial charge in [0.15, 0.2) is 0 Å². The third kappa shape index (κ3) is 3.96. The molecule has 31 heavy (non-hydrogen) atoms. The first kappa shape index (κ1) is 21.5. The molecule has 2 fully saturated rings. The van der Waals surface area contributed by atoms with E-state index in [2.05, 4.69) is 0 Å². The molecule has 0 saturated carbocycles. The molecule has 4 amide bonds. The van der Waals surface area contributed by atoms with Crippen LogP contribution >= 0.6 is 0 Å². The lowest BCUT2D eigenvalue weighted by Crippen LogP contribution is -2.55. The fraction of sp³-hybridized carbons (Fsp3) is 0.565. The summed E-state index contributed by atoms with van der Waals surface area (Å²) in [5.74, 6) is -1.23. The predicted molar refractivity (Wildman–Crippen MR) is 112 cm³/mol. The SMILES string of the molecule is CC(C)C(C(=O)N1CCC(C(=O)N2CCOCC2)CC1)N1C(=O)c2ccccc2C1=O. The van der Waals surface area contributed by atoms with Crippen molar-refractivity contribution in [2.45, 2.75) is 32.7 Å². The Hall–Kier alpha value is -2.74. The van der Waals surface area contributed by atoms with Crippen molar-refractivity contribution in [3.05, 3.63) is 35.4 Å². The number of fused-ring (bicyclic) bond motifs is 1. The van der Waals surface area contributed by atoms with Gasteiger partial charge >= 0.3 is 0 Å². The number of likely N-dealkylation sites (tertiary alicyclic amines) is 1. The standard InChI is InChI=1S/C23H29N3O5/c1-15(2)19(26-21(28)17-5-3-4-6-18(17)22(26)29)23(30)24-9-7-16(8-10-24)20(27)25-11-13-31-14-12-25/h3-6,15-16,19H,7-14H2,1-2H3. The number of ether oxygens (including phenoxy) is 1. The first-order valence-electron chi connectivity index (χ1n) is 11.0. The number of piperidine rings is 1. The van der Waals surface area contributed by atoms with E-state index in [1.165, 1.54) is 0 Å². The van der Waals surface area contributed by atoms with Crippen LogP contribution in [0.2, 0.25) is 0 Å². The van der Waals surface area contributed by atoms with E-state index in [0.717, 1.165) is 4.90 Å². The predicted octanol–water partition coefficient (Wildman–Crippen LogP) is 1.40. The van der Waals surface area contributed by atoms with Gasteiger partial charge < -0.3 is 14.5 Å². The molecule has 0 radical (unpaired) electrons. The molecule has 0 N–H and O–H groups in total. The van der Waals surface area contributed by atoms with E-state index in [-0.39, 0.29) is 23.7 Å². The van der Waals surface area contributed by atoms with Crippen LogP contribution in [-0.4, -0.2) is 83.8 Å². The van der Waals surface area contributed by atoms with E-state index >= 15 is 0 Å². The zero-order valence-corrected chi connectivity index (χ0v) is 18.1. The fourth-order valence-corrected chi connectivity index (χ4v) is 4.73. The summed E-state index contributed by atoms with van der Waals surface area (Å²) >= 11 is 0. The van der Waals surface area contributed by atoms with Crippen LogP contribution in [0.3, 0.4) is 0 Å². The van der Waals surface area contributed by atoms with Gasteiger partial charge in [0.25, 0.3) is 11.8 Å². The number of carbonyl (C=O) groups is 4. The smallest absolute Gasteiger partial charge is 0.262 e. The maximum Gasteiger partial charge on any atom is 0.262 e. The number of hydrogen-bond donors (Lipinski definition) is 0. The van der Waals surface area contributed by atoms with Crippen molar-refractivity contribution in [1.29, 1.82) is 0 Å². The number of hydrogen-bond acceptors (Lipinski definition) is 5. The fourth-order valence-electron chi connectivity index (χ4n) is 4.73. The summed E-state index contributed by atoms with van der Waals surface area (Å²) in [6.45, 7) is 6.97. The van der Waals surface area contributed by atoms with Crippen LogP contribution < -0.4 is 0 Å². The molecule has 8 nitrogen and oxygen atoms in total. The van der Waals surface area contributed by atoms with Crippen LogP contribution in [0.15, 0.2) is 24.3 Å². The minimum atomic E-state index is -0.848. The monoisotopic (exact) mass is 427 g/mol. The van der Waals surface area contributed by atoms with Gasteiger partial charge in [-0.3, -0.25) is 24.1 Å². The van der Waals surface area contributed by atoms with Crippen molar-refractivity contribution in [3.63, 3.8) is 0 Å². The van der Waals surface area contributed by atoms with E-state index < -0.39 is 17.9 Å². The van der Waals surface area contributed by atoms with Gasteiger partial charge in [-0.25, -0.2) is 0 Å². The minimum absolute atomic E-state index is 0.0982. The highest BCUT2D eigenvalue weighted by Gasteiger charge is 2.45. The molecule has 0 spiro atoms. The largest absolute Gasteiger partial charge is 0.378 e. The molecule has 0 bridgehead atoms. The highest BCUT2D eigenvalue weighted by atomic mass is 16.5. The number of rotatable bonds is 4. The first-order valence-corrected chi connectivity index (χ1v) is 11.0. The normalized spacial score (nSPS) is 20.9. The van der Waals surface area contributed by atoms with Gasteiger partial charge in [-0.1, -0.05) is 26.0 Å². The molecule has 1 aromatic carbocycles. The highest BCUT2D eigenvalue weighted by molar-refractivity contribution is 6.22. The Morgan fingerprint density at radius 3 is 1.97 bits per heavy atom. The van der Waals surface area contributed by atoms with Crippen LogP contribution in [0.1, 0.15) is 47.4 Å². The number of carbonyl (C=O) groups excluding carboxylic acids is 4. The second-order valence-electron chi connectivity index (χ2n) is 8.75. The summed E-state index contributed by atoms with van der Waals surface area (Å²) in [5.41, 5.74) is 0.696. The quantitative estimate of drug-likeness (QED) is 0.678. The molecule has 166 valence electrons. The van der Waals surface area contributed by atoms with Gasteiger partial charge in [0.05, 0.1) is 24.3 Å². The number of imide groups is 1. The zero-order chi connectivity index (χ0) is 22.1. The van der Waals surface area contributed by atoms with Gasteiger partial charge in [0.1, 0.15) is 6.04 Å². The molecule has 1 atom stereocenters. The van der Waals surface area contributed by atoms with Crippen molar-refractivity contribution in [2.24, 2.45) is 11.8 Å². The third-order valence-electron chi connectivity index (χ3n) is 6.47. The maximum absolute atomic E-state index is 13.4. The van der Waals surface area contributed by atoms with E-state index in [1.807, 2.05) is 18.7 Å². The van der Waals surface area contributed by atoms with Crippen LogP contribution in [0.25, 0.3) is 0 Å². The molecule has 3 aliphatic rings. The van der Waals surface area contributed by atoms with Gasteiger partial charge in [0.2, 0.25) is 11.8 Å². The lowest BCUT2D eigenvalue weighted by atomic mass is 9.93. The molecular formula is C23H29N3O5. The van der Waals surface area contributed by atoms with Crippen LogP contribution in [0.5, 0.6) is 0 Å². The van der Waals surface area contributed by atoms with Crippen LogP contribution in [-0.2, 0) is 14.3 Å². The summed E-state index contributed by atoms with van der Waals surface area (Å²) < 4.78 is 5.32. The van der Waals surface area contributed by atoms with Crippen molar-refractivity contribution in [3.8, 4) is 0 Å². The van der Waals surface area contributed by atoms with Crippen molar-refractivity contribution < 1.29 is 23.9 Å². The van der Waals surface area contributed by atoms with Gasteiger partial charge in [0, 0.05) is 32.1 Å².